The van der Waals surface area contributed by atoms with Gasteiger partial charge >= 0.3 is 5.97 Å². The molecule has 160 valence electrons. The number of rotatable bonds is 4. The molecule has 1 amide bonds. The molecule has 1 fully saturated rings. The van der Waals surface area contributed by atoms with E-state index in [0.717, 1.165) is 24.2 Å². The van der Waals surface area contributed by atoms with Crippen molar-refractivity contribution in [2.45, 2.75) is 12.8 Å². The van der Waals surface area contributed by atoms with Gasteiger partial charge in [-0.05, 0) is 48.7 Å². The molecule has 0 bridgehead atoms. The van der Waals surface area contributed by atoms with Gasteiger partial charge in [-0.2, -0.15) is 5.26 Å². The summed E-state index contributed by atoms with van der Waals surface area (Å²) in [6.45, 7) is 1.19. The lowest BCUT2D eigenvalue weighted by Gasteiger charge is -2.14. The van der Waals surface area contributed by atoms with Crippen molar-refractivity contribution in [3.05, 3.63) is 85.3 Å². The number of nitriles is 1. The predicted octanol–water partition coefficient (Wildman–Crippen LogP) is 1.72. The Bertz CT molecular complexity index is 1390. The van der Waals surface area contributed by atoms with Crippen LogP contribution in [0.4, 0.5) is 0 Å². The van der Waals surface area contributed by atoms with E-state index in [1.807, 2.05) is 12.1 Å². The molecule has 8 heteroatoms. The zero-order valence-corrected chi connectivity index (χ0v) is 17.8. The molecule has 1 aliphatic rings. The standard InChI is InChI=1S/C24H19N3O4S/c25-15-19(21(28)26-12-4-5-13-26)23-27(18-6-2-1-3-7-18)22(29)20(32-23)14-16-8-10-17(11-9-16)24(30)31/h1-3,6-11,14H,4-5,12-13H2,(H,30,31)/b20-14-,23-19-. The summed E-state index contributed by atoms with van der Waals surface area (Å²) in [7, 11) is 0. The third kappa shape index (κ3) is 4.11. The van der Waals surface area contributed by atoms with Crippen LogP contribution in [0.2, 0.25) is 0 Å². The number of thiazole rings is 1. The average molecular weight is 446 g/mol. The molecule has 0 saturated carbocycles. The second-order valence-electron chi connectivity index (χ2n) is 7.31. The lowest BCUT2D eigenvalue weighted by molar-refractivity contribution is -0.123. The van der Waals surface area contributed by atoms with Gasteiger partial charge in [-0.3, -0.25) is 14.2 Å². The number of benzene rings is 2. The fraction of sp³-hybridized carbons (Fsp3) is 0.167. The molecule has 0 spiro atoms. The molecule has 3 aromatic rings. The lowest BCUT2D eigenvalue weighted by atomic mass is 10.1. The number of carbonyl (C=O) groups is 2. The molecule has 0 radical (unpaired) electrons. The Morgan fingerprint density at radius 3 is 2.28 bits per heavy atom. The minimum absolute atomic E-state index is 0.0567. The first kappa shape index (κ1) is 21.3. The molecule has 0 aliphatic carbocycles. The van der Waals surface area contributed by atoms with Crippen LogP contribution < -0.4 is 14.8 Å². The van der Waals surface area contributed by atoms with Gasteiger partial charge in [0.05, 0.1) is 15.8 Å². The van der Waals surface area contributed by atoms with Crippen molar-refractivity contribution in [3.8, 4) is 11.8 Å². The molecule has 1 aliphatic heterocycles. The predicted molar refractivity (Wildman–Crippen MR) is 121 cm³/mol. The number of aromatic nitrogens is 1. The smallest absolute Gasteiger partial charge is 0.335 e. The van der Waals surface area contributed by atoms with Crippen LogP contribution in [0.25, 0.3) is 17.3 Å². The quantitative estimate of drug-likeness (QED) is 0.659. The molecular formula is C24H19N3O4S. The largest absolute Gasteiger partial charge is 0.478 e. The molecule has 1 aromatic heterocycles. The van der Waals surface area contributed by atoms with Crippen molar-refractivity contribution in [3.63, 3.8) is 0 Å². The molecule has 2 aromatic carbocycles. The molecule has 2 heterocycles. The maximum atomic E-state index is 13.3. The second-order valence-corrected chi connectivity index (χ2v) is 8.34. The van der Waals surface area contributed by atoms with E-state index in [0.29, 0.717) is 28.9 Å². The van der Waals surface area contributed by atoms with Gasteiger partial charge in [0.15, 0.2) is 5.57 Å². The number of hydrogen-bond donors (Lipinski definition) is 1. The van der Waals surface area contributed by atoms with E-state index in [2.05, 4.69) is 0 Å². The number of aromatic carboxylic acids is 1. The van der Waals surface area contributed by atoms with Crippen molar-refractivity contribution in [1.82, 2.24) is 9.47 Å². The summed E-state index contributed by atoms with van der Waals surface area (Å²) < 4.78 is 2.03. The first-order chi connectivity index (χ1) is 15.5. The summed E-state index contributed by atoms with van der Waals surface area (Å²) in [6.07, 6.45) is 3.42. The number of carbonyl (C=O) groups excluding carboxylic acids is 1. The van der Waals surface area contributed by atoms with E-state index >= 15 is 0 Å². The molecule has 7 nitrogen and oxygen atoms in total. The van der Waals surface area contributed by atoms with Crippen LogP contribution >= 0.6 is 11.3 Å². The second kappa shape index (κ2) is 9.04. The zero-order valence-electron chi connectivity index (χ0n) is 17.0. The maximum absolute atomic E-state index is 13.3. The normalized spacial score (nSPS) is 14.8. The van der Waals surface area contributed by atoms with E-state index in [1.54, 1.807) is 47.4 Å². The van der Waals surface area contributed by atoms with E-state index in [4.69, 9.17) is 5.11 Å². The third-order valence-electron chi connectivity index (χ3n) is 5.23. The maximum Gasteiger partial charge on any atom is 0.335 e. The first-order valence-corrected chi connectivity index (χ1v) is 10.9. The minimum Gasteiger partial charge on any atom is -0.478 e. The van der Waals surface area contributed by atoms with E-state index in [-0.39, 0.29) is 27.3 Å². The highest BCUT2D eigenvalue weighted by Gasteiger charge is 2.24. The summed E-state index contributed by atoms with van der Waals surface area (Å²) in [5.41, 5.74) is 0.947. The van der Waals surface area contributed by atoms with Crippen LogP contribution in [0.5, 0.6) is 0 Å². The van der Waals surface area contributed by atoms with E-state index in [1.165, 1.54) is 16.7 Å². The molecule has 1 saturated heterocycles. The van der Waals surface area contributed by atoms with E-state index < -0.39 is 5.97 Å². The van der Waals surface area contributed by atoms with Crippen LogP contribution in [-0.2, 0) is 4.79 Å². The van der Waals surface area contributed by atoms with Crippen molar-refractivity contribution < 1.29 is 14.7 Å². The van der Waals surface area contributed by atoms with Crippen molar-refractivity contribution in [1.29, 1.82) is 5.26 Å². The van der Waals surface area contributed by atoms with Crippen molar-refractivity contribution >= 4 is 34.9 Å². The van der Waals surface area contributed by atoms with Crippen LogP contribution in [0, 0.1) is 11.3 Å². The molecule has 32 heavy (non-hydrogen) atoms. The Morgan fingerprint density at radius 2 is 1.69 bits per heavy atom. The summed E-state index contributed by atoms with van der Waals surface area (Å²) in [5.74, 6) is -1.40. The summed E-state index contributed by atoms with van der Waals surface area (Å²) in [5, 5.41) is 18.9. The number of carboxylic acids is 1. The summed E-state index contributed by atoms with van der Waals surface area (Å²) in [4.78, 5) is 39.1. The monoisotopic (exact) mass is 445 g/mol. The number of carboxylic acid groups (broad SMARTS) is 1. The summed E-state index contributed by atoms with van der Waals surface area (Å²) >= 11 is 1.08. The number of amides is 1. The molecular weight excluding hydrogens is 426 g/mol. The number of nitrogens with zero attached hydrogens (tertiary/aromatic N) is 3. The van der Waals surface area contributed by atoms with Crippen molar-refractivity contribution in [2.75, 3.05) is 13.1 Å². The SMILES string of the molecule is N#C/C(C(=O)N1CCCC1)=c1/s/c(=C\c2ccc(C(=O)O)cc2)c(=O)n1-c1ccccc1. The van der Waals surface area contributed by atoms with Gasteiger partial charge < -0.3 is 10.0 Å². The van der Waals surface area contributed by atoms with Gasteiger partial charge in [0.2, 0.25) is 0 Å². The Morgan fingerprint density at radius 1 is 1.03 bits per heavy atom. The Labute approximate surface area is 187 Å². The van der Waals surface area contributed by atoms with Gasteiger partial charge in [0.1, 0.15) is 10.7 Å². The fourth-order valence-electron chi connectivity index (χ4n) is 3.60. The zero-order chi connectivity index (χ0) is 22.7. The Balaban J connectivity index is 1.95. The average Bonchev–Trinajstić information content (AvgIpc) is 3.44. The van der Waals surface area contributed by atoms with Crippen molar-refractivity contribution in [2.24, 2.45) is 0 Å². The highest BCUT2D eigenvalue weighted by Crippen LogP contribution is 2.12. The fourth-order valence-corrected chi connectivity index (χ4v) is 4.70. The number of hydrogen-bond acceptors (Lipinski definition) is 5. The van der Waals surface area contributed by atoms with E-state index in [9.17, 15) is 19.6 Å². The first-order valence-electron chi connectivity index (χ1n) is 10.1. The third-order valence-corrected chi connectivity index (χ3v) is 6.32. The minimum atomic E-state index is -1.03. The van der Waals surface area contributed by atoms with Gasteiger partial charge in [0, 0.05) is 13.1 Å². The number of likely N-dealkylation sites (tertiary alicyclic amines) is 1. The van der Waals surface area contributed by atoms with Crippen LogP contribution in [0.1, 0.15) is 28.8 Å². The highest BCUT2D eigenvalue weighted by molar-refractivity contribution is 7.07. The molecule has 1 N–H and O–H groups in total. The topological polar surface area (TPSA) is 103 Å². The molecule has 0 atom stereocenters. The highest BCUT2D eigenvalue weighted by atomic mass is 32.1. The molecule has 0 unspecified atom stereocenters. The van der Waals surface area contributed by atoms with Gasteiger partial charge in [-0.1, -0.05) is 30.3 Å². The van der Waals surface area contributed by atoms with Gasteiger partial charge in [0.25, 0.3) is 11.5 Å². The summed E-state index contributed by atoms with van der Waals surface area (Å²) in [6, 6.07) is 17.1. The Hall–Kier alpha value is -3.96. The van der Waals surface area contributed by atoms with Gasteiger partial charge in [-0.25, -0.2) is 4.79 Å². The lowest BCUT2D eigenvalue weighted by Crippen LogP contribution is -2.35. The van der Waals surface area contributed by atoms with Gasteiger partial charge in [-0.15, -0.1) is 11.3 Å². The number of para-hydroxylation sites is 1. The van der Waals surface area contributed by atoms with Crippen LogP contribution in [0.3, 0.4) is 0 Å². The molecule has 4 rings (SSSR count). The Kier molecular flexibility index (Phi) is 6.01. The van der Waals surface area contributed by atoms with Crippen LogP contribution in [0.15, 0.2) is 59.4 Å². The van der Waals surface area contributed by atoms with Crippen LogP contribution in [-0.4, -0.2) is 39.5 Å².